The second kappa shape index (κ2) is 10.4. The largest absolute Gasteiger partial charge is 0.361 e. The van der Waals surface area contributed by atoms with E-state index >= 15 is 0 Å². The Kier molecular flexibility index (Phi) is 7.31. The summed E-state index contributed by atoms with van der Waals surface area (Å²) in [5, 5.41) is 4.48. The van der Waals surface area contributed by atoms with Crippen molar-refractivity contribution < 1.29 is 4.79 Å². The number of fused-ring (bicyclic) bond motifs is 1. The van der Waals surface area contributed by atoms with Crippen molar-refractivity contribution in [1.82, 2.24) is 15.2 Å². The molecule has 1 aliphatic carbocycles. The van der Waals surface area contributed by atoms with Crippen LogP contribution in [0.4, 0.5) is 0 Å². The molecule has 0 radical (unpaired) electrons. The molecule has 170 valence electrons. The van der Waals surface area contributed by atoms with E-state index in [1.807, 2.05) is 0 Å². The van der Waals surface area contributed by atoms with Gasteiger partial charge in [0.25, 0.3) is 0 Å². The van der Waals surface area contributed by atoms with Gasteiger partial charge < -0.3 is 10.3 Å². The Labute approximate surface area is 192 Å². The minimum Gasteiger partial charge on any atom is -0.361 e. The van der Waals surface area contributed by atoms with Crippen LogP contribution >= 0.6 is 0 Å². The molecule has 1 heterocycles. The zero-order valence-corrected chi connectivity index (χ0v) is 19.6. The third-order valence-corrected chi connectivity index (χ3v) is 7.44. The zero-order chi connectivity index (χ0) is 22.4. The number of hydrogen-bond acceptors (Lipinski definition) is 2. The molecular formula is C28H37N3O. The maximum Gasteiger partial charge on any atom is 0.220 e. The molecule has 0 saturated heterocycles. The fourth-order valence-electron chi connectivity index (χ4n) is 5.44. The number of aryl methyl sites for hydroxylation is 1. The minimum atomic E-state index is 0.108. The lowest BCUT2D eigenvalue weighted by molar-refractivity contribution is -0.122. The summed E-state index contributed by atoms with van der Waals surface area (Å²) < 4.78 is 0. The van der Waals surface area contributed by atoms with E-state index in [1.165, 1.54) is 22.0 Å². The van der Waals surface area contributed by atoms with Crippen LogP contribution in [0.25, 0.3) is 10.9 Å². The summed E-state index contributed by atoms with van der Waals surface area (Å²) in [4.78, 5) is 18.2. The normalized spacial score (nSPS) is 21.2. The molecule has 4 nitrogen and oxygen atoms in total. The van der Waals surface area contributed by atoms with Crippen LogP contribution in [-0.4, -0.2) is 36.4 Å². The predicted molar refractivity (Wildman–Crippen MR) is 133 cm³/mol. The Morgan fingerprint density at radius 3 is 2.50 bits per heavy atom. The van der Waals surface area contributed by atoms with Crippen LogP contribution in [-0.2, 0) is 16.8 Å². The van der Waals surface area contributed by atoms with Crippen molar-refractivity contribution >= 4 is 16.8 Å². The number of rotatable bonds is 9. The molecule has 1 amide bonds. The van der Waals surface area contributed by atoms with Crippen LogP contribution in [0.1, 0.15) is 56.1 Å². The van der Waals surface area contributed by atoms with E-state index in [0.717, 1.165) is 51.5 Å². The first-order valence-electron chi connectivity index (χ1n) is 12.1. The topological polar surface area (TPSA) is 48.1 Å². The first kappa shape index (κ1) is 22.6. The number of nitrogens with one attached hydrogen (secondary N) is 2. The number of aromatic amines is 1. The monoisotopic (exact) mass is 431 g/mol. The maximum atomic E-state index is 12.5. The average Bonchev–Trinajstić information content (AvgIpc) is 3.23. The second-order valence-electron chi connectivity index (χ2n) is 9.61. The first-order chi connectivity index (χ1) is 15.6. The number of aromatic nitrogens is 1. The van der Waals surface area contributed by atoms with Gasteiger partial charge in [0.1, 0.15) is 0 Å². The molecule has 0 aliphatic heterocycles. The SMILES string of the molecule is CN(C)C1(c2ccccc2)CCC(CC(=O)NCCCCc2c[nH]c3ccccc23)CC1. The van der Waals surface area contributed by atoms with Gasteiger partial charge in [-0.05, 0) is 82.2 Å². The lowest BCUT2D eigenvalue weighted by atomic mass is 9.71. The molecule has 1 aliphatic rings. The molecule has 0 atom stereocenters. The molecule has 0 spiro atoms. The number of para-hydroxylation sites is 1. The highest BCUT2D eigenvalue weighted by Crippen LogP contribution is 2.43. The van der Waals surface area contributed by atoms with E-state index in [1.54, 1.807) is 0 Å². The Morgan fingerprint density at radius 1 is 1.03 bits per heavy atom. The van der Waals surface area contributed by atoms with Gasteiger partial charge in [0.15, 0.2) is 0 Å². The van der Waals surface area contributed by atoms with E-state index in [0.29, 0.717) is 12.3 Å². The highest BCUT2D eigenvalue weighted by molar-refractivity contribution is 5.83. The summed E-state index contributed by atoms with van der Waals surface area (Å²) in [5.41, 5.74) is 4.09. The molecule has 1 fully saturated rings. The number of hydrogen-bond donors (Lipinski definition) is 2. The van der Waals surface area contributed by atoms with E-state index in [9.17, 15) is 4.79 Å². The molecule has 1 aromatic heterocycles. The van der Waals surface area contributed by atoms with Crippen molar-refractivity contribution in [3.63, 3.8) is 0 Å². The summed E-state index contributed by atoms with van der Waals surface area (Å²) >= 11 is 0. The zero-order valence-electron chi connectivity index (χ0n) is 19.6. The van der Waals surface area contributed by atoms with Crippen molar-refractivity contribution in [2.45, 2.75) is 56.9 Å². The van der Waals surface area contributed by atoms with Crippen molar-refractivity contribution in [3.8, 4) is 0 Å². The molecule has 2 aromatic carbocycles. The van der Waals surface area contributed by atoms with Gasteiger partial charge in [-0.3, -0.25) is 9.69 Å². The quantitative estimate of drug-likeness (QED) is 0.431. The molecular weight excluding hydrogens is 394 g/mol. The molecule has 2 N–H and O–H groups in total. The van der Waals surface area contributed by atoms with Crippen molar-refractivity contribution in [2.24, 2.45) is 5.92 Å². The van der Waals surface area contributed by atoms with Crippen LogP contribution in [0.5, 0.6) is 0 Å². The number of carbonyl (C=O) groups excluding carboxylic acids is 1. The Bertz CT molecular complexity index is 1000. The molecule has 4 heteroatoms. The third kappa shape index (κ3) is 5.07. The van der Waals surface area contributed by atoms with Gasteiger partial charge in [-0.15, -0.1) is 0 Å². The fourth-order valence-corrected chi connectivity index (χ4v) is 5.44. The Balaban J connectivity index is 1.18. The van der Waals surface area contributed by atoms with Gasteiger partial charge >= 0.3 is 0 Å². The van der Waals surface area contributed by atoms with Gasteiger partial charge in [-0.2, -0.15) is 0 Å². The van der Waals surface area contributed by atoms with E-state index in [4.69, 9.17) is 0 Å². The Hall–Kier alpha value is -2.59. The van der Waals surface area contributed by atoms with Crippen LogP contribution in [0, 0.1) is 5.92 Å². The summed E-state index contributed by atoms with van der Waals surface area (Å²) in [6.07, 6.45) is 10.4. The number of carbonyl (C=O) groups is 1. The van der Waals surface area contributed by atoms with Crippen LogP contribution in [0.15, 0.2) is 60.8 Å². The van der Waals surface area contributed by atoms with Crippen molar-refractivity contribution in [3.05, 3.63) is 71.9 Å². The van der Waals surface area contributed by atoms with Gasteiger partial charge in [0.2, 0.25) is 5.91 Å². The number of benzene rings is 2. The van der Waals surface area contributed by atoms with Crippen molar-refractivity contribution in [2.75, 3.05) is 20.6 Å². The molecule has 0 bridgehead atoms. The predicted octanol–water partition coefficient (Wildman–Crippen LogP) is 5.64. The lowest BCUT2D eigenvalue weighted by Gasteiger charge is -2.45. The third-order valence-electron chi connectivity index (χ3n) is 7.44. The fraction of sp³-hybridized carbons (Fsp3) is 0.464. The number of H-pyrrole nitrogens is 1. The lowest BCUT2D eigenvalue weighted by Crippen LogP contribution is -2.44. The molecule has 4 rings (SSSR count). The van der Waals surface area contributed by atoms with Gasteiger partial charge in [0.05, 0.1) is 0 Å². The number of amides is 1. The van der Waals surface area contributed by atoms with Crippen molar-refractivity contribution in [1.29, 1.82) is 0 Å². The maximum absolute atomic E-state index is 12.5. The Morgan fingerprint density at radius 2 is 1.75 bits per heavy atom. The van der Waals surface area contributed by atoms with Gasteiger partial charge in [-0.25, -0.2) is 0 Å². The number of nitrogens with zero attached hydrogens (tertiary/aromatic N) is 1. The van der Waals surface area contributed by atoms with E-state index in [-0.39, 0.29) is 11.4 Å². The standard InChI is InChI=1S/C28H37N3O/c1-31(2)28(24-11-4-3-5-12-24)17-15-22(16-18-28)20-27(32)29-19-9-8-10-23-21-30-26-14-7-6-13-25(23)26/h3-7,11-14,21-22,30H,8-10,15-20H2,1-2H3,(H,29,32). The van der Waals surface area contributed by atoms with Crippen LogP contribution in [0.3, 0.4) is 0 Å². The van der Waals surface area contributed by atoms with Crippen LogP contribution in [0.2, 0.25) is 0 Å². The van der Waals surface area contributed by atoms with Crippen LogP contribution < -0.4 is 5.32 Å². The summed E-state index contributed by atoms with van der Waals surface area (Å²) in [5.74, 6) is 0.720. The summed E-state index contributed by atoms with van der Waals surface area (Å²) in [6, 6.07) is 19.3. The average molecular weight is 432 g/mol. The number of unbranched alkanes of at least 4 members (excludes halogenated alkanes) is 1. The molecule has 0 unspecified atom stereocenters. The smallest absolute Gasteiger partial charge is 0.220 e. The first-order valence-corrected chi connectivity index (χ1v) is 12.1. The summed E-state index contributed by atoms with van der Waals surface area (Å²) in [6.45, 7) is 0.777. The highest BCUT2D eigenvalue weighted by atomic mass is 16.1. The van der Waals surface area contributed by atoms with E-state index < -0.39 is 0 Å². The van der Waals surface area contributed by atoms with E-state index in [2.05, 4.69) is 90.1 Å². The summed E-state index contributed by atoms with van der Waals surface area (Å²) in [7, 11) is 4.38. The molecule has 3 aromatic rings. The van der Waals surface area contributed by atoms with Gasteiger partial charge in [0, 0.05) is 35.6 Å². The molecule has 1 saturated carbocycles. The molecule has 32 heavy (non-hydrogen) atoms. The highest BCUT2D eigenvalue weighted by Gasteiger charge is 2.38. The minimum absolute atomic E-state index is 0.108. The van der Waals surface area contributed by atoms with Gasteiger partial charge in [-0.1, -0.05) is 48.5 Å². The second-order valence-corrected chi connectivity index (χ2v) is 9.61.